The van der Waals surface area contributed by atoms with E-state index in [4.69, 9.17) is 10.00 Å². The number of nitrogens with one attached hydrogen (secondary N) is 1. The van der Waals surface area contributed by atoms with Crippen molar-refractivity contribution in [1.82, 2.24) is 0 Å². The van der Waals surface area contributed by atoms with Crippen molar-refractivity contribution in [2.45, 2.75) is 13.8 Å². The molecule has 0 saturated carbocycles. The summed E-state index contributed by atoms with van der Waals surface area (Å²) in [7, 11) is 1.61. The van der Waals surface area contributed by atoms with E-state index >= 15 is 0 Å². The summed E-state index contributed by atoms with van der Waals surface area (Å²) in [5.41, 5.74) is 4.71. The maximum absolute atomic E-state index is 9.14. The minimum atomic E-state index is 0.598. The van der Waals surface area contributed by atoms with Crippen molar-refractivity contribution in [3.8, 4) is 11.8 Å². The Labute approximate surface area is 113 Å². The second kappa shape index (κ2) is 5.45. The highest BCUT2D eigenvalue weighted by molar-refractivity contribution is 5.70. The fourth-order valence-corrected chi connectivity index (χ4v) is 1.95. The lowest BCUT2D eigenvalue weighted by Crippen LogP contribution is -1.97. The van der Waals surface area contributed by atoms with Gasteiger partial charge in [0.2, 0.25) is 0 Å². The van der Waals surface area contributed by atoms with E-state index in [1.165, 1.54) is 5.56 Å². The third-order valence-corrected chi connectivity index (χ3v) is 3.00. The molecule has 0 aromatic heterocycles. The van der Waals surface area contributed by atoms with Gasteiger partial charge in [-0.05, 0) is 37.6 Å². The van der Waals surface area contributed by atoms with Gasteiger partial charge in [0.05, 0.1) is 18.4 Å². The topological polar surface area (TPSA) is 45.0 Å². The largest absolute Gasteiger partial charge is 0.497 e. The van der Waals surface area contributed by atoms with E-state index < -0.39 is 0 Å². The Morgan fingerprint density at radius 3 is 2.47 bits per heavy atom. The van der Waals surface area contributed by atoms with Gasteiger partial charge in [-0.3, -0.25) is 0 Å². The van der Waals surface area contributed by atoms with Crippen LogP contribution < -0.4 is 10.1 Å². The zero-order valence-electron chi connectivity index (χ0n) is 11.3. The first-order valence-corrected chi connectivity index (χ1v) is 6.06. The standard InChI is InChI=1S/C16H16N2O/c1-11-4-7-15(12(2)8-11)18-16-9-14(19-3)6-5-13(16)10-17/h4-9,18H,1-3H3. The van der Waals surface area contributed by atoms with Gasteiger partial charge >= 0.3 is 0 Å². The fraction of sp³-hybridized carbons (Fsp3) is 0.188. The molecular formula is C16H16N2O. The fourth-order valence-electron chi connectivity index (χ4n) is 1.95. The lowest BCUT2D eigenvalue weighted by molar-refractivity contribution is 0.415. The smallest absolute Gasteiger partial charge is 0.121 e. The molecule has 0 aliphatic carbocycles. The van der Waals surface area contributed by atoms with Crippen LogP contribution >= 0.6 is 0 Å². The Kier molecular flexibility index (Phi) is 3.72. The maximum Gasteiger partial charge on any atom is 0.121 e. The maximum atomic E-state index is 9.14. The molecule has 0 radical (unpaired) electrons. The third kappa shape index (κ3) is 2.86. The third-order valence-electron chi connectivity index (χ3n) is 3.00. The van der Waals surface area contributed by atoms with Crippen LogP contribution in [0.1, 0.15) is 16.7 Å². The van der Waals surface area contributed by atoms with Crippen LogP contribution in [-0.2, 0) is 0 Å². The van der Waals surface area contributed by atoms with Crippen molar-refractivity contribution in [3.05, 3.63) is 53.1 Å². The van der Waals surface area contributed by atoms with E-state index in [1.807, 2.05) is 25.1 Å². The van der Waals surface area contributed by atoms with Crippen LogP contribution in [0.5, 0.6) is 5.75 Å². The number of anilines is 2. The Morgan fingerprint density at radius 1 is 1.05 bits per heavy atom. The predicted molar refractivity (Wildman–Crippen MR) is 76.9 cm³/mol. The summed E-state index contributed by atoms with van der Waals surface area (Å²) >= 11 is 0. The lowest BCUT2D eigenvalue weighted by atomic mass is 10.1. The van der Waals surface area contributed by atoms with E-state index in [0.717, 1.165) is 22.7 Å². The van der Waals surface area contributed by atoms with Crippen LogP contribution in [-0.4, -0.2) is 7.11 Å². The molecular weight excluding hydrogens is 236 g/mol. The van der Waals surface area contributed by atoms with E-state index in [1.54, 1.807) is 19.2 Å². The van der Waals surface area contributed by atoms with Crippen molar-refractivity contribution >= 4 is 11.4 Å². The van der Waals surface area contributed by atoms with Gasteiger partial charge in [-0.1, -0.05) is 17.7 Å². The van der Waals surface area contributed by atoms with E-state index in [-0.39, 0.29) is 0 Å². The van der Waals surface area contributed by atoms with Gasteiger partial charge in [-0.25, -0.2) is 0 Å². The lowest BCUT2D eigenvalue weighted by Gasteiger charge is -2.12. The molecule has 3 nitrogen and oxygen atoms in total. The molecule has 0 heterocycles. The molecule has 1 N–H and O–H groups in total. The summed E-state index contributed by atoms with van der Waals surface area (Å²) < 4.78 is 5.19. The number of hydrogen-bond acceptors (Lipinski definition) is 3. The van der Waals surface area contributed by atoms with E-state index in [9.17, 15) is 0 Å². The summed E-state index contributed by atoms with van der Waals surface area (Å²) in [4.78, 5) is 0. The summed E-state index contributed by atoms with van der Waals surface area (Å²) in [6.45, 7) is 4.10. The summed E-state index contributed by atoms with van der Waals surface area (Å²) in [5.74, 6) is 0.728. The quantitative estimate of drug-likeness (QED) is 0.900. The van der Waals surface area contributed by atoms with E-state index in [2.05, 4.69) is 24.4 Å². The van der Waals surface area contributed by atoms with Crippen molar-refractivity contribution in [3.63, 3.8) is 0 Å². The van der Waals surface area contributed by atoms with Crippen LogP contribution in [0.3, 0.4) is 0 Å². The molecule has 2 aromatic carbocycles. The molecule has 0 fully saturated rings. The second-order valence-corrected chi connectivity index (χ2v) is 4.47. The normalized spacial score (nSPS) is 9.79. The number of methoxy groups -OCH3 is 1. The zero-order valence-corrected chi connectivity index (χ0v) is 11.3. The number of aryl methyl sites for hydroxylation is 2. The van der Waals surface area contributed by atoms with Crippen LogP contribution in [0, 0.1) is 25.2 Å². The summed E-state index contributed by atoms with van der Waals surface area (Å²) in [6, 6.07) is 13.7. The molecule has 0 spiro atoms. The van der Waals surface area contributed by atoms with Crippen LogP contribution in [0.4, 0.5) is 11.4 Å². The SMILES string of the molecule is COc1ccc(C#N)c(Nc2ccc(C)cc2C)c1. The average molecular weight is 252 g/mol. The summed E-state index contributed by atoms with van der Waals surface area (Å²) in [6.07, 6.45) is 0. The molecule has 0 atom stereocenters. The zero-order chi connectivity index (χ0) is 13.8. The number of ether oxygens (including phenoxy) is 1. The highest BCUT2D eigenvalue weighted by Gasteiger charge is 2.06. The molecule has 96 valence electrons. The number of nitriles is 1. The molecule has 0 saturated heterocycles. The van der Waals surface area contributed by atoms with Crippen LogP contribution in [0.15, 0.2) is 36.4 Å². The van der Waals surface area contributed by atoms with Gasteiger partial charge in [0.1, 0.15) is 11.8 Å². The van der Waals surface area contributed by atoms with Crippen LogP contribution in [0.2, 0.25) is 0 Å². The molecule has 2 aromatic rings. The Hall–Kier alpha value is -2.47. The highest BCUT2D eigenvalue weighted by atomic mass is 16.5. The highest BCUT2D eigenvalue weighted by Crippen LogP contribution is 2.27. The Bertz CT molecular complexity index is 642. The van der Waals surface area contributed by atoms with Gasteiger partial charge in [0.15, 0.2) is 0 Å². The first kappa shape index (κ1) is 13.0. The average Bonchev–Trinajstić information content (AvgIpc) is 2.41. The summed E-state index contributed by atoms with van der Waals surface area (Å²) in [5, 5.41) is 12.4. The first-order valence-electron chi connectivity index (χ1n) is 6.06. The molecule has 0 aliphatic rings. The molecule has 2 rings (SSSR count). The Balaban J connectivity index is 2.39. The molecule has 3 heteroatoms. The van der Waals surface area contributed by atoms with Crippen molar-refractivity contribution in [2.75, 3.05) is 12.4 Å². The van der Waals surface area contributed by atoms with Gasteiger partial charge in [0, 0.05) is 11.8 Å². The van der Waals surface area contributed by atoms with Gasteiger partial charge < -0.3 is 10.1 Å². The molecule has 0 aliphatic heterocycles. The van der Waals surface area contributed by atoms with Gasteiger partial charge in [-0.15, -0.1) is 0 Å². The number of benzene rings is 2. The first-order chi connectivity index (χ1) is 9.13. The molecule has 19 heavy (non-hydrogen) atoms. The van der Waals surface area contributed by atoms with Crippen LogP contribution in [0.25, 0.3) is 0 Å². The monoisotopic (exact) mass is 252 g/mol. The number of nitrogens with zero attached hydrogens (tertiary/aromatic N) is 1. The molecule has 0 unspecified atom stereocenters. The second-order valence-electron chi connectivity index (χ2n) is 4.47. The minimum Gasteiger partial charge on any atom is -0.497 e. The van der Waals surface area contributed by atoms with Gasteiger partial charge in [-0.2, -0.15) is 5.26 Å². The van der Waals surface area contributed by atoms with Crippen molar-refractivity contribution in [2.24, 2.45) is 0 Å². The predicted octanol–water partition coefficient (Wildman–Crippen LogP) is 3.93. The Morgan fingerprint density at radius 2 is 1.84 bits per heavy atom. The molecule has 0 bridgehead atoms. The molecule has 0 amide bonds. The van der Waals surface area contributed by atoms with E-state index in [0.29, 0.717) is 5.56 Å². The van der Waals surface area contributed by atoms with Crippen molar-refractivity contribution in [1.29, 1.82) is 5.26 Å². The minimum absolute atomic E-state index is 0.598. The van der Waals surface area contributed by atoms with Gasteiger partial charge in [0.25, 0.3) is 0 Å². The number of rotatable bonds is 3. The number of hydrogen-bond donors (Lipinski definition) is 1. The van der Waals surface area contributed by atoms with Crippen molar-refractivity contribution < 1.29 is 4.74 Å².